The molecule has 1 heterocycles. The van der Waals surface area contributed by atoms with Crippen LogP contribution >= 0.6 is 15.9 Å². The lowest BCUT2D eigenvalue weighted by Crippen LogP contribution is -2.26. The maximum atomic E-state index is 12.7. The van der Waals surface area contributed by atoms with Crippen LogP contribution in [0.4, 0.5) is 0 Å². The number of carbonyl (C=O) groups is 2. The van der Waals surface area contributed by atoms with Gasteiger partial charge in [-0.05, 0) is 44.2 Å². The van der Waals surface area contributed by atoms with Crippen LogP contribution in [-0.4, -0.2) is 36.6 Å². The number of nitrogens with zero attached hydrogens (tertiary/aromatic N) is 2. The first-order valence-corrected chi connectivity index (χ1v) is 11.5. The van der Waals surface area contributed by atoms with Gasteiger partial charge < -0.3 is 8.92 Å². The van der Waals surface area contributed by atoms with E-state index in [0.717, 1.165) is 10.7 Å². The van der Waals surface area contributed by atoms with Crippen molar-refractivity contribution in [2.75, 3.05) is 6.61 Å². The fraction of sp³-hybridized carbons (Fsp3) is 0.143. The summed E-state index contributed by atoms with van der Waals surface area (Å²) in [7, 11) is -4.44. The van der Waals surface area contributed by atoms with Crippen molar-refractivity contribution in [1.82, 2.24) is 9.78 Å². The highest BCUT2D eigenvalue weighted by atomic mass is 79.9. The van der Waals surface area contributed by atoms with E-state index in [1.54, 1.807) is 31.2 Å². The number of carbonyl (C=O) groups excluding carboxylic acids is 2. The number of aromatic nitrogens is 2. The summed E-state index contributed by atoms with van der Waals surface area (Å²) in [5, 5.41) is 3.99. The molecule has 0 aliphatic carbocycles. The Balaban J connectivity index is 2.08. The second-order valence-electron chi connectivity index (χ2n) is 6.43. The summed E-state index contributed by atoms with van der Waals surface area (Å²) < 4.78 is 37.1. The summed E-state index contributed by atoms with van der Waals surface area (Å²) in [6, 6.07) is 12.5. The number of hydrogen-bond donors (Lipinski definition) is 0. The van der Waals surface area contributed by atoms with Gasteiger partial charge in [0.1, 0.15) is 4.90 Å². The van der Waals surface area contributed by atoms with Crippen molar-refractivity contribution < 1.29 is 26.9 Å². The number of ketones is 1. The van der Waals surface area contributed by atoms with Crippen LogP contribution in [0.3, 0.4) is 0 Å². The Hall–Kier alpha value is -3.31. The number of benzene rings is 2. The highest BCUT2D eigenvalue weighted by Crippen LogP contribution is 2.23. The number of Topliss-reactive ketones (excluding diaryl/α,β-unsaturated/α-hetero) is 1. The van der Waals surface area contributed by atoms with E-state index in [-0.39, 0.29) is 17.3 Å². The molecule has 0 amide bonds. The van der Waals surface area contributed by atoms with Crippen molar-refractivity contribution in [2.24, 2.45) is 0 Å². The number of rotatable bonds is 7. The highest BCUT2D eigenvalue weighted by Gasteiger charge is 2.25. The molecular formula is C21H17BrN2O7S. The molecule has 0 aliphatic rings. The van der Waals surface area contributed by atoms with Gasteiger partial charge in [-0.2, -0.15) is 18.2 Å². The van der Waals surface area contributed by atoms with Gasteiger partial charge >= 0.3 is 16.1 Å². The van der Waals surface area contributed by atoms with Gasteiger partial charge in [0, 0.05) is 10.0 Å². The second kappa shape index (κ2) is 9.45. The molecule has 0 aliphatic heterocycles. The van der Waals surface area contributed by atoms with Gasteiger partial charge in [-0.3, -0.25) is 9.59 Å². The van der Waals surface area contributed by atoms with Crippen LogP contribution in [0, 0.1) is 0 Å². The Morgan fingerprint density at radius 3 is 2.38 bits per heavy atom. The fourth-order valence-corrected chi connectivity index (χ4v) is 3.98. The molecule has 1 aromatic heterocycles. The van der Waals surface area contributed by atoms with Gasteiger partial charge in [-0.15, -0.1) is 0 Å². The Labute approximate surface area is 191 Å². The zero-order valence-electron chi connectivity index (χ0n) is 16.9. The largest absolute Gasteiger partial charge is 0.461 e. The molecule has 32 heavy (non-hydrogen) atoms. The molecule has 3 aromatic rings. The van der Waals surface area contributed by atoms with Crippen molar-refractivity contribution in [3.63, 3.8) is 0 Å². The Morgan fingerprint density at radius 2 is 1.78 bits per heavy atom. The summed E-state index contributed by atoms with van der Waals surface area (Å²) in [4.78, 5) is 36.2. The first-order chi connectivity index (χ1) is 15.1. The summed E-state index contributed by atoms with van der Waals surface area (Å²) in [6.07, 6.45) is 0. The van der Waals surface area contributed by atoms with Crippen LogP contribution in [0.5, 0.6) is 5.75 Å². The minimum Gasteiger partial charge on any atom is -0.461 e. The lowest BCUT2D eigenvalue weighted by molar-refractivity contribution is 0.0514. The van der Waals surface area contributed by atoms with E-state index >= 15 is 0 Å². The smallest absolute Gasteiger partial charge is 0.362 e. The normalized spacial score (nSPS) is 11.1. The topological polar surface area (TPSA) is 122 Å². The maximum absolute atomic E-state index is 12.7. The molecule has 0 bridgehead atoms. The quantitative estimate of drug-likeness (QED) is 0.264. The highest BCUT2D eigenvalue weighted by molar-refractivity contribution is 9.10. The lowest BCUT2D eigenvalue weighted by Gasteiger charge is -2.13. The molecule has 3 rings (SSSR count). The third-order valence-corrected chi connectivity index (χ3v) is 5.91. The zero-order valence-corrected chi connectivity index (χ0v) is 19.3. The Kier molecular flexibility index (Phi) is 6.90. The predicted molar refractivity (Wildman–Crippen MR) is 118 cm³/mol. The average Bonchev–Trinajstić information content (AvgIpc) is 2.73. The van der Waals surface area contributed by atoms with Gasteiger partial charge in [0.15, 0.2) is 11.5 Å². The zero-order chi connectivity index (χ0) is 23.5. The van der Waals surface area contributed by atoms with Gasteiger partial charge in [0.2, 0.25) is 5.69 Å². The number of hydrogen-bond acceptors (Lipinski definition) is 8. The minimum atomic E-state index is -4.44. The molecule has 9 nitrogen and oxygen atoms in total. The Morgan fingerprint density at radius 1 is 1.09 bits per heavy atom. The van der Waals surface area contributed by atoms with Crippen LogP contribution in [0.1, 0.15) is 34.7 Å². The summed E-state index contributed by atoms with van der Waals surface area (Å²) >= 11 is 3.29. The van der Waals surface area contributed by atoms with Crippen LogP contribution in [0.15, 0.2) is 68.8 Å². The third-order valence-electron chi connectivity index (χ3n) is 4.17. The molecule has 0 unspecified atom stereocenters. The molecular weight excluding hydrogens is 504 g/mol. The first kappa shape index (κ1) is 23.4. The SMILES string of the molecule is CCOC(=O)c1nn(-c2cccc(Br)c2)c(=O)cc1OS(=O)(=O)c1ccc(C(C)=O)cc1. The van der Waals surface area contributed by atoms with Crippen molar-refractivity contribution in [3.8, 4) is 11.4 Å². The third kappa shape index (κ3) is 5.11. The minimum absolute atomic E-state index is 0.00474. The standard InChI is InChI=1S/C21H17BrN2O7S/c1-3-30-21(27)20-18(12-19(26)24(23-20)16-6-4-5-15(22)11-16)31-32(28,29)17-9-7-14(8-10-17)13(2)25/h4-12H,3H2,1-2H3. The van der Waals surface area contributed by atoms with Crippen LogP contribution in [-0.2, 0) is 14.9 Å². The van der Waals surface area contributed by atoms with E-state index in [1.807, 2.05) is 0 Å². The fourth-order valence-electron chi connectivity index (χ4n) is 2.66. The van der Waals surface area contributed by atoms with Crippen LogP contribution in [0.25, 0.3) is 5.69 Å². The molecule has 0 atom stereocenters. The molecule has 0 fully saturated rings. The van der Waals surface area contributed by atoms with Crippen molar-refractivity contribution >= 4 is 37.8 Å². The average molecular weight is 521 g/mol. The molecule has 0 saturated heterocycles. The first-order valence-electron chi connectivity index (χ1n) is 9.25. The summed E-state index contributed by atoms with van der Waals surface area (Å²) in [5.74, 6) is -1.77. The van der Waals surface area contributed by atoms with E-state index in [2.05, 4.69) is 21.0 Å². The van der Waals surface area contributed by atoms with E-state index in [4.69, 9.17) is 8.92 Å². The molecule has 166 valence electrons. The molecule has 0 N–H and O–H groups in total. The van der Waals surface area contributed by atoms with E-state index in [9.17, 15) is 22.8 Å². The van der Waals surface area contributed by atoms with Gasteiger partial charge in [0.05, 0.1) is 18.4 Å². The number of ether oxygens (including phenoxy) is 1. The monoisotopic (exact) mass is 520 g/mol. The molecule has 2 aromatic carbocycles. The number of halogens is 1. The second-order valence-corrected chi connectivity index (χ2v) is 8.89. The Bertz CT molecular complexity index is 1350. The summed E-state index contributed by atoms with van der Waals surface area (Å²) in [6.45, 7) is 2.91. The van der Waals surface area contributed by atoms with Gasteiger partial charge in [-0.25, -0.2) is 4.79 Å². The van der Waals surface area contributed by atoms with Crippen molar-refractivity contribution in [3.05, 3.63) is 80.7 Å². The maximum Gasteiger partial charge on any atom is 0.362 e. The van der Waals surface area contributed by atoms with E-state index in [0.29, 0.717) is 15.7 Å². The van der Waals surface area contributed by atoms with Crippen LogP contribution < -0.4 is 9.74 Å². The van der Waals surface area contributed by atoms with Crippen molar-refractivity contribution in [1.29, 1.82) is 0 Å². The van der Waals surface area contributed by atoms with Crippen molar-refractivity contribution in [2.45, 2.75) is 18.7 Å². The van der Waals surface area contributed by atoms with Gasteiger partial charge in [0.25, 0.3) is 5.56 Å². The molecule has 0 spiro atoms. The molecule has 0 radical (unpaired) electrons. The van der Waals surface area contributed by atoms with Crippen LogP contribution in [0.2, 0.25) is 0 Å². The molecule has 11 heteroatoms. The van der Waals surface area contributed by atoms with E-state index < -0.39 is 33.1 Å². The number of esters is 1. The lowest BCUT2D eigenvalue weighted by atomic mass is 10.2. The van der Waals surface area contributed by atoms with E-state index in [1.165, 1.54) is 31.2 Å². The van der Waals surface area contributed by atoms with Gasteiger partial charge in [-0.1, -0.05) is 34.1 Å². The summed E-state index contributed by atoms with van der Waals surface area (Å²) in [5.41, 5.74) is -0.567. The molecule has 0 saturated carbocycles. The predicted octanol–water partition coefficient (Wildman–Crippen LogP) is 3.14.